The van der Waals surface area contributed by atoms with Gasteiger partial charge < -0.3 is 10.1 Å². The molecule has 0 amide bonds. The number of aromatic nitrogens is 2. The molecule has 1 heterocycles. The third-order valence-corrected chi connectivity index (χ3v) is 1.80. The highest BCUT2D eigenvalue weighted by Gasteiger charge is 2.19. The van der Waals surface area contributed by atoms with Crippen molar-refractivity contribution in [3.8, 4) is 0 Å². The molecule has 0 aliphatic rings. The number of nitrogens with zero attached hydrogens (tertiary/aromatic N) is 3. The van der Waals surface area contributed by atoms with E-state index in [4.69, 9.17) is 23.2 Å². The van der Waals surface area contributed by atoms with Gasteiger partial charge in [0.25, 0.3) is 0 Å². The van der Waals surface area contributed by atoms with Crippen LogP contribution in [0, 0.1) is 17.0 Å². The van der Waals surface area contributed by atoms with E-state index in [1.54, 1.807) is 0 Å². The molecule has 7 heteroatoms. The van der Waals surface area contributed by atoms with Crippen molar-refractivity contribution < 1.29 is 4.92 Å². The smallest absolute Gasteiger partial charge is 0.358 e. The van der Waals surface area contributed by atoms with E-state index in [0.717, 1.165) is 0 Å². The fourth-order valence-corrected chi connectivity index (χ4v) is 0.992. The zero-order valence-electron chi connectivity index (χ0n) is 5.91. The van der Waals surface area contributed by atoms with Crippen LogP contribution in [-0.4, -0.2) is 14.9 Å². The van der Waals surface area contributed by atoms with Crippen LogP contribution in [0.3, 0.4) is 0 Å². The summed E-state index contributed by atoms with van der Waals surface area (Å²) < 4.78 is 0. The minimum atomic E-state index is -0.705. The predicted molar refractivity (Wildman–Crippen MR) is 43.4 cm³/mol. The minimum Gasteiger partial charge on any atom is -0.358 e. The van der Waals surface area contributed by atoms with E-state index in [0.29, 0.717) is 0 Å². The highest BCUT2D eigenvalue weighted by Crippen LogP contribution is 2.27. The second-order valence-electron chi connectivity index (χ2n) is 1.96. The molecule has 12 heavy (non-hydrogen) atoms. The summed E-state index contributed by atoms with van der Waals surface area (Å²) in [6.07, 6.45) is 0. The van der Waals surface area contributed by atoms with Gasteiger partial charge in [-0.15, -0.1) is 0 Å². The fourth-order valence-electron chi connectivity index (χ4n) is 0.632. The Balaban J connectivity index is 3.37. The summed E-state index contributed by atoms with van der Waals surface area (Å²) in [7, 11) is 0. The summed E-state index contributed by atoms with van der Waals surface area (Å²) in [5, 5.41) is 9.97. The number of rotatable bonds is 1. The van der Waals surface area contributed by atoms with Gasteiger partial charge >= 0.3 is 5.82 Å². The van der Waals surface area contributed by atoms with Crippen LogP contribution >= 0.6 is 23.2 Å². The Hall–Kier alpha value is -0.940. The summed E-state index contributed by atoms with van der Waals surface area (Å²) in [5.41, 5.74) is 0. The second-order valence-corrected chi connectivity index (χ2v) is 2.69. The SMILES string of the molecule is Cc1nc(Cl)c(Cl)c([N+](=O)[O-])n1. The lowest BCUT2D eigenvalue weighted by atomic mass is 10.5. The average molecular weight is 208 g/mol. The molecule has 0 saturated heterocycles. The first-order chi connectivity index (χ1) is 5.52. The molecule has 0 saturated carbocycles. The quantitative estimate of drug-likeness (QED) is 0.402. The summed E-state index contributed by atoms with van der Waals surface area (Å²) in [6, 6.07) is 0. The number of hydrogen-bond acceptors (Lipinski definition) is 4. The van der Waals surface area contributed by atoms with E-state index >= 15 is 0 Å². The van der Waals surface area contributed by atoms with Gasteiger partial charge in [-0.25, -0.2) is 0 Å². The van der Waals surface area contributed by atoms with Crippen LogP contribution < -0.4 is 0 Å². The van der Waals surface area contributed by atoms with Gasteiger partial charge in [-0.2, -0.15) is 4.98 Å². The summed E-state index contributed by atoms with van der Waals surface area (Å²) in [6.45, 7) is 1.50. The van der Waals surface area contributed by atoms with E-state index in [1.165, 1.54) is 6.92 Å². The van der Waals surface area contributed by atoms with Crippen LogP contribution in [0.2, 0.25) is 10.2 Å². The maximum absolute atomic E-state index is 10.3. The van der Waals surface area contributed by atoms with E-state index in [2.05, 4.69) is 9.97 Å². The molecule has 0 atom stereocenters. The third kappa shape index (κ3) is 1.62. The Morgan fingerprint density at radius 1 is 1.42 bits per heavy atom. The standard InChI is InChI=1S/C5H3Cl2N3O2/c1-2-8-4(7)3(6)5(9-2)10(11)12/h1H3. The van der Waals surface area contributed by atoms with Crippen LogP contribution in [0.15, 0.2) is 0 Å². The molecule has 1 aromatic rings. The number of nitro groups is 1. The van der Waals surface area contributed by atoms with Gasteiger partial charge in [-0.3, -0.25) is 0 Å². The molecule has 0 unspecified atom stereocenters. The lowest BCUT2D eigenvalue weighted by molar-refractivity contribution is -0.389. The van der Waals surface area contributed by atoms with Crippen molar-refractivity contribution in [3.05, 3.63) is 26.1 Å². The van der Waals surface area contributed by atoms with Crippen molar-refractivity contribution in [2.45, 2.75) is 6.92 Å². The molecular weight excluding hydrogens is 205 g/mol. The molecular formula is C5H3Cl2N3O2. The van der Waals surface area contributed by atoms with Crippen molar-refractivity contribution in [1.29, 1.82) is 0 Å². The Labute approximate surface area is 77.5 Å². The zero-order chi connectivity index (χ0) is 9.30. The normalized spacial score (nSPS) is 9.92. The van der Waals surface area contributed by atoms with Crippen molar-refractivity contribution in [1.82, 2.24) is 9.97 Å². The number of aryl methyl sites for hydroxylation is 1. The predicted octanol–water partition coefficient (Wildman–Crippen LogP) is 2.00. The highest BCUT2D eigenvalue weighted by molar-refractivity contribution is 6.42. The van der Waals surface area contributed by atoms with Crippen LogP contribution in [0.1, 0.15) is 5.82 Å². The van der Waals surface area contributed by atoms with Crippen molar-refractivity contribution in [2.24, 2.45) is 0 Å². The van der Waals surface area contributed by atoms with Crippen molar-refractivity contribution in [2.75, 3.05) is 0 Å². The summed E-state index contributed by atoms with van der Waals surface area (Å²) in [5.74, 6) is -0.245. The Kier molecular flexibility index (Phi) is 2.44. The monoisotopic (exact) mass is 207 g/mol. The van der Waals surface area contributed by atoms with Gasteiger partial charge in [0.05, 0.1) is 0 Å². The first kappa shape index (κ1) is 9.15. The third-order valence-electron chi connectivity index (χ3n) is 1.08. The van der Waals surface area contributed by atoms with Crippen LogP contribution in [0.5, 0.6) is 0 Å². The van der Waals surface area contributed by atoms with Crippen molar-refractivity contribution >= 4 is 29.0 Å². The maximum atomic E-state index is 10.3. The Bertz CT molecular complexity index is 342. The summed E-state index contributed by atoms with van der Waals surface area (Å²) in [4.78, 5) is 16.7. The van der Waals surface area contributed by atoms with Gasteiger partial charge in [0.15, 0.2) is 10.2 Å². The van der Waals surface area contributed by atoms with Crippen LogP contribution in [-0.2, 0) is 0 Å². The molecule has 0 aromatic carbocycles. The second kappa shape index (κ2) is 3.20. The van der Waals surface area contributed by atoms with Crippen molar-refractivity contribution in [3.63, 3.8) is 0 Å². The van der Waals surface area contributed by atoms with E-state index < -0.39 is 10.7 Å². The first-order valence-corrected chi connectivity index (χ1v) is 3.62. The Morgan fingerprint density at radius 2 is 2.00 bits per heavy atom. The number of hydrogen-bond donors (Lipinski definition) is 0. The van der Waals surface area contributed by atoms with E-state index in [9.17, 15) is 10.1 Å². The van der Waals surface area contributed by atoms with Gasteiger partial charge in [0.1, 0.15) is 0 Å². The number of halogens is 2. The first-order valence-electron chi connectivity index (χ1n) is 2.86. The lowest BCUT2D eigenvalue weighted by Crippen LogP contribution is -1.98. The van der Waals surface area contributed by atoms with Gasteiger partial charge in [-0.1, -0.05) is 23.2 Å². The Morgan fingerprint density at radius 3 is 2.50 bits per heavy atom. The lowest BCUT2D eigenvalue weighted by Gasteiger charge is -1.96. The molecule has 1 aromatic heterocycles. The summed E-state index contributed by atoms with van der Waals surface area (Å²) >= 11 is 10.9. The van der Waals surface area contributed by atoms with E-state index in [-0.39, 0.29) is 16.0 Å². The van der Waals surface area contributed by atoms with E-state index in [1.807, 2.05) is 0 Å². The van der Waals surface area contributed by atoms with Crippen LogP contribution in [0.25, 0.3) is 0 Å². The molecule has 0 radical (unpaired) electrons. The van der Waals surface area contributed by atoms with Gasteiger partial charge in [-0.05, 0) is 9.91 Å². The molecule has 0 fully saturated rings. The molecule has 0 aliphatic heterocycles. The molecule has 0 bridgehead atoms. The molecule has 64 valence electrons. The zero-order valence-corrected chi connectivity index (χ0v) is 7.43. The van der Waals surface area contributed by atoms with Crippen LogP contribution in [0.4, 0.5) is 5.82 Å². The molecule has 5 nitrogen and oxygen atoms in total. The molecule has 0 aliphatic carbocycles. The molecule has 0 N–H and O–H groups in total. The van der Waals surface area contributed by atoms with Gasteiger partial charge in [0.2, 0.25) is 5.82 Å². The maximum Gasteiger partial charge on any atom is 0.387 e. The average Bonchev–Trinajstić information content (AvgIpc) is 1.96. The molecule has 1 rings (SSSR count). The molecule has 0 spiro atoms. The fraction of sp³-hybridized carbons (Fsp3) is 0.200. The highest BCUT2D eigenvalue weighted by atomic mass is 35.5. The van der Waals surface area contributed by atoms with Gasteiger partial charge in [0, 0.05) is 6.92 Å². The minimum absolute atomic E-state index is 0.101. The largest absolute Gasteiger partial charge is 0.387 e. The topological polar surface area (TPSA) is 68.9 Å².